The second-order valence-electron chi connectivity index (χ2n) is 3.82. The molecular formula is C13H16N2O5. The number of ether oxygens (including phenoxy) is 1. The lowest BCUT2D eigenvalue weighted by Gasteiger charge is -2.08. The van der Waals surface area contributed by atoms with E-state index in [0.29, 0.717) is 12.3 Å². The summed E-state index contributed by atoms with van der Waals surface area (Å²) < 4.78 is 4.71. The van der Waals surface area contributed by atoms with Crippen LogP contribution in [0.1, 0.15) is 23.7 Å². The van der Waals surface area contributed by atoms with Gasteiger partial charge in [-0.25, -0.2) is 9.59 Å². The van der Waals surface area contributed by atoms with Gasteiger partial charge in [-0.3, -0.25) is 4.79 Å². The van der Waals surface area contributed by atoms with Crippen LogP contribution in [0.3, 0.4) is 0 Å². The van der Waals surface area contributed by atoms with Crippen LogP contribution in [0.25, 0.3) is 0 Å². The molecule has 0 unspecified atom stereocenters. The first kappa shape index (κ1) is 15.5. The summed E-state index contributed by atoms with van der Waals surface area (Å²) in [6, 6.07) is 5.34. The van der Waals surface area contributed by atoms with E-state index in [1.807, 2.05) is 0 Å². The molecule has 0 fully saturated rings. The van der Waals surface area contributed by atoms with Crippen molar-refractivity contribution in [3.05, 3.63) is 29.8 Å². The Morgan fingerprint density at radius 1 is 1.30 bits per heavy atom. The van der Waals surface area contributed by atoms with Crippen LogP contribution >= 0.6 is 0 Å². The lowest BCUT2D eigenvalue weighted by Crippen LogP contribution is -2.30. The fourth-order valence-electron chi connectivity index (χ4n) is 1.42. The van der Waals surface area contributed by atoms with E-state index in [4.69, 9.17) is 9.84 Å². The van der Waals surface area contributed by atoms with E-state index in [2.05, 4.69) is 10.6 Å². The first-order chi connectivity index (χ1) is 9.52. The Morgan fingerprint density at radius 2 is 2.05 bits per heavy atom. The van der Waals surface area contributed by atoms with Crippen LogP contribution < -0.4 is 10.6 Å². The maximum atomic E-state index is 11.5. The molecule has 0 saturated heterocycles. The Balaban J connectivity index is 2.41. The Kier molecular flexibility index (Phi) is 6.02. The Morgan fingerprint density at radius 3 is 2.70 bits per heavy atom. The predicted molar refractivity (Wildman–Crippen MR) is 71.7 cm³/mol. The summed E-state index contributed by atoms with van der Waals surface area (Å²) in [7, 11) is 0. The van der Waals surface area contributed by atoms with Crippen LogP contribution in [0.5, 0.6) is 0 Å². The molecule has 0 bridgehead atoms. The molecule has 0 heterocycles. The summed E-state index contributed by atoms with van der Waals surface area (Å²) in [4.78, 5) is 33.3. The number of hydrogen-bond donors (Lipinski definition) is 3. The van der Waals surface area contributed by atoms with Gasteiger partial charge in [0.25, 0.3) is 0 Å². The largest absolute Gasteiger partial charge is 0.478 e. The molecule has 108 valence electrons. The summed E-state index contributed by atoms with van der Waals surface area (Å²) in [5, 5.41) is 13.8. The molecule has 1 aromatic carbocycles. The monoisotopic (exact) mass is 280 g/mol. The van der Waals surface area contributed by atoms with Gasteiger partial charge in [0.2, 0.25) is 0 Å². The van der Waals surface area contributed by atoms with Gasteiger partial charge in [0, 0.05) is 12.2 Å². The quantitative estimate of drug-likeness (QED) is 0.684. The number of esters is 1. The predicted octanol–water partition coefficient (Wildman–Crippen LogP) is 1.46. The smallest absolute Gasteiger partial charge is 0.335 e. The standard InChI is InChI=1S/C13H16N2O5/c1-2-20-11(16)6-7-14-13(19)15-10-5-3-4-9(8-10)12(17)18/h3-5,8H,2,6-7H2,1H3,(H,17,18)(H2,14,15,19). The minimum atomic E-state index is -1.07. The molecule has 1 rings (SSSR count). The number of carboxylic acids is 1. The number of amides is 2. The third-order valence-corrected chi connectivity index (χ3v) is 2.29. The van der Waals surface area contributed by atoms with Crippen LogP contribution in [0.4, 0.5) is 10.5 Å². The average Bonchev–Trinajstić information content (AvgIpc) is 2.39. The van der Waals surface area contributed by atoms with Gasteiger partial charge in [-0.1, -0.05) is 6.07 Å². The van der Waals surface area contributed by atoms with Crippen molar-refractivity contribution < 1.29 is 24.2 Å². The number of carbonyl (C=O) groups is 3. The first-order valence-corrected chi connectivity index (χ1v) is 6.06. The number of benzene rings is 1. The molecule has 0 radical (unpaired) electrons. The Hall–Kier alpha value is -2.57. The molecule has 7 nitrogen and oxygen atoms in total. The normalized spacial score (nSPS) is 9.65. The molecule has 2 amide bonds. The lowest BCUT2D eigenvalue weighted by molar-refractivity contribution is -0.142. The molecule has 0 aliphatic rings. The maximum absolute atomic E-state index is 11.5. The molecule has 0 spiro atoms. The Labute approximate surface area is 115 Å². The topological polar surface area (TPSA) is 105 Å². The van der Waals surface area contributed by atoms with Gasteiger partial charge in [-0.15, -0.1) is 0 Å². The van der Waals surface area contributed by atoms with Crippen molar-refractivity contribution in [2.45, 2.75) is 13.3 Å². The van der Waals surface area contributed by atoms with Gasteiger partial charge in [0.05, 0.1) is 18.6 Å². The Bertz CT molecular complexity index is 501. The number of anilines is 1. The SMILES string of the molecule is CCOC(=O)CCNC(=O)Nc1cccc(C(=O)O)c1. The van der Waals surface area contributed by atoms with Crippen molar-refractivity contribution in [3.8, 4) is 0 Å². The zero-order valence-corrected chi connectivity index (χ0v) is 11.0. The number of nitrogens with one attached hydrogen (secondary N) is 2. The van der Waals surface area contributed by atoms with Gasteiger partial charge < -0.3 is 20.5 Å². The maximum Gasteiger partial charge on any atom is 0.335 e. The highest BCUT2D eigenvalue weighted by Crippen LogP contribution is 2.10. The molecule has 0 aliphatic carbocycles. The van der Waals surface area contributed by atoms with Crippen molar-refractivity contribution in [1.29, 1.82) is 0 Å². The molecular weight excluding hydrogens is 264 g/mol. The number of hydrogen-bond acceptors (Lipinski definition) is 4. The number of urea groups is 1. The minimum absolute atomic E-state index is 0.0781. The second kappa shape index (κ2) is 7.78. The van der Waals surface area contributed by atoms with Gasteiger partial charge in [0.15, 0.2) is 0 Å². The molecule has 0 atom stereocenters. The van der Waals surface area contributed by atoms with E-state index < -0.39 is 12.0 Å². The first-order valence-electron chi connectivity index (χ1n) is 6.06. The molecule has 7 heteroatoms. The van der Waals surface area contributed by atoms with E-state index in [9.17, 15) is 14.4 Å². The van der Waals surface area contributed by atoms with E-state index >= 15 is 0 Å². The lowest BCUT2D eigenvalue weighted by atomic mass is 10.2. The number of carbonyl (C=O) groups excluding carboxylic acids is 2. The van der Waals surface area contributed by atoms with Crippen molar-refractivity contribution in [3.63, 3.8) is 0 Å². The summed E-state index contributed by atoms with van der Waals surface area (Å²) in [5.74, 6) is -1.46. The second-order valence-corrected chi connectivity index (χ2v) is 3.82. The number of carboxylic acid groups (broad SMARTS) is 1. The van der Waals surface area contributed by atoms with Crippen LogP contribution in [0, 0.1) is 0 Å². The zero-order valence-electron chi connectivity index (χ0n) is 11.0. The van der Waals surface area contributed by atoms with Gasteiger partial charge in [-0.05, 0) is 25.1 Å². The summed E-state index contributed by atoms with van der Waals surface area (Å²) >= 11 is 0. The van der Waals surface area contributed by atoms with Gasteiger partial charge in [0.1, 0.15) is 0 Å². The highest BCUT2D eigenvalue weighted by atomic mass is 16.5. The van der Waals surface area contributed by atoms with E-state index in [1.165, 1.54) is 18.2 Å². The van der Waals surface area contributed by atoms with Gasteiger partial charge >= 0.3 is 18.0 Å². The molecule has 0 saturated carbocycles. The van der Waals surface area contributed by atoms with E-state index in [1.54, 1.807) is 13.0 Å². The number of rotatable bonds is 6. The van der Waals surface area contributed by atoms with E-state index in [-0.39, 0.29) is 24.5 Å². The van der Waals surface area contributed by atoms with Crippen LogP contribution in [0.15, 0.2) is 24.3 Å². The van der Waals surface area contributed by atoms with E-state index in [0.717, 1.165) is 0 Å². The zero-order chi connectivity index (χ0) is 15.0. The van der Waals surface area contributed by atoms with Crippen molar-refractivity contribution >= 4 is 23.7 Å². The third-order valence-electron chi connectivity index (χ3n) is 2.29. The van der Waals surface area contributed by atoms with Crippen LogP contribution in [0.2, 0.25) is 0 Å². The van der Waals surface area contributed by atoms with Crippen molar-refractivity contribution in [2.24, 2.45) is 0 Å². The fourth-order valence-corrected chi connectivity index (χ4v) is 1.42. The van der Waals surface area contributed by atoms with Crippen LogP contribution in [-0.2, 0) is 9.53 Å². The van der Waals surface area contributed by atoms with Gasteiger partial charge in [-0.2, -0.15) is 0 Å². The summed E-state index contributed by atoms with van der Waals surface area (Å²) in [5.41, 5.74) is 0.438. The minimum Gasteiger partial charge on any atom is -0.478 e. The van der Waals surface area contributed by atoms with Crippen molar-refractivity contribution in [2.75, 3.05) is 18.5 Å². The fraction of sp³-hybridized carbons (Fsp3) is 0.308. The molecule has 0 aromatic heterocycles. The molecule has 0 aliphatic heterocycles. The molecule has 1 aromatic rings. The highest BCUT2D eigenvalue weighted by Gasteiger charge is 2.07. The highest BCUT2D eigenvalue weighted by molar-refractivity contribution is 5.93. The van der Waals surface area contributed by atoms with Crippen LogP contribution in [-0.4, -0.2) is 36.2 Å². The molecule has 3 N–H and O–H groups in total. The summed E-state index contributed by atoms with van der Waals surface area (Å²) in [6.07, 6.45) is 0.0798. The van der Waals surface area contributed by atoms with Crippen molar-refractivity contribution in [1.82, 2.24) is 5.32 Å². The summed E-state index contributed by atoms with van der Waals surface area (Å²) in [6.45, 7) is 2.14. The molecule has 20 heavy (non-hydrogen) atoms. The average molecular weight is 280 g/mol. The third kappa shape index (κ3) is 5.38. The number of aromatic carboxylic acids is 1.